The van der Waals surface area contributed by atoms with Crippen molar-refractivity contribution in [2.45, 2.75) is 26.1 Å². The van der Waals surface area contributed by atoms with E-state index in [2.05, 4.69) is 15.6 Å². The van der Waals surface area contributed by atoms with Gasteiger partial charge in [-0.05, 0) is 24.1 Å². The smallest absolute Gasteiger partial charge is 0.242 e. The topological polar surface area (TPSA) is 174 Å². The Kier molecular flexibility index (Phi) is 16.5. The lowest BCUT2D eigenvalue weighted by molar-refractivity contribution is -0.145. The van der Waals surface area contributed by atoms with Crippen LogP contribution < -0.4 is 15.8 Å². The lowest BCUT2D eigenvalue weighted by Gasteiger charge is -2.30. The molecule has 3 N–H and O–H groups in total. The Hall–Kier alpha value is -4.86. The number of rotatable bonds is 23. The molecule has 15 heteroatoms. The number of carbonyl (C=O) groups is 4. The molecule has 0 fully saturated rings. The first-order chi connectivity index (χ1) is 23.3. The van der Waals surface area contributed by atoms with E-state index in [1.807, 2.05) is 60.7 Å². The number of amides is 4. The van der Waals surface area contributed by atoms with Gasteiger partial charge in [-0.25, -0.2) is 0 Å². The van der Waals surface area contributed by atoms with Crippen LogP contribution in [0.4, 0.5) is 0 Å². The highest BCUT2D eigenvalue weighted by Gasteiger charge is 2.25. The number of carbonyl (C=O) groups excluding carboxylic acids is 4. The second-order valence-corrected chi connectivity index (χ2v) is 10.9. The number of methoxy groups -OCH3 is 2. The molecule has 0 unspecified atom stereocenters. The standard InChI is InChI=1S/C33H46N8O7/c1-46-18-14-35-20-31(43)40(21-27-10-5-3-6-11-27)25-33(45)38(24-32(44)39(17-19-47-2)23-30(34)42)15-9-16-41-22-28(36-37-41)26-48-29-12-7-4-8-13-29/h3-8,10-13,22,35H,9,14-21,23-26H2,1-2H3,(H2,34,42). The van der Waals surface area contributed by atoms with Gasteiger partial charge in [0, 0.05) is 46.9 Å². The molecule has 1 heterocycles. The van der Waals surface area contributed by atoms with E-state index in [4.69, 9.17) is 19.9 Å². The van der Waals surface area contributed by atoms with Crippen molar-refractivity contribution in [1.29, 1.82) is 0 Å². The van der Waals surface area contributed by atoms with Crippen LogP contribution >= 0.6 is 0 Å². The van der Waals surface area contributed by atoms with Gasteiger partial charge in [-0.3, -0.25) is 23.9 Å². The zero-order valence-corrected chi connectivity index (χ0v) is 27.7. The molecule has 1 aromatic heterocycles. The van der Waals surface area contributed by atoms with Gasteiger partial charge in [0.05, 0.1) is 39.0 Å². The van der Waals surface area contributed by atoms with Gasteiger partial charge in [-0.1, -0.05) is 53.7 Å². The lowest BCUT2D eigenvalue weighted by Crippen LogP contribution is -2.50. The molecular formula is C33H46N8O7. The van der Waals surface area contributed by atoms with E-state index in [1.54, 1.807) is 18.0 Å². The third-order valence-electron chi connectivity index (χ3n) is 7.13. The fourth-order valence-corrected chi connectivity index (χ4v) is 4.63. The number of ether oxygens (including phenoxy) is 3. The summed E-state index contributed by atoms with van der Waals surface area (Å²) in [7, 11) is 3.05. The van der Waals surface area contributed by atoms with Crippen molar-refractivity contribution >= 4 is 23.6 Å². The minimum atomic E-state index is -0.684. The molecule has 260 valence electrons. The fourth-order valence-electron chi connectivity index (χ4n) is 4.63. The molecule has 0 atom stereocenters. The molecule has 4 amide bonds. The number of nitrogens with one attached hydrogen (secondary N) is 1. The minimum absolute atomic E-state index is 0.00836. The number of hydrogen-bond donors (Lipinski definition) is 2. The van der Waals surface area contributed by atoms with Crippen LogP contribution in [0, 0.1) is 0 Å². The molecule has 0 bridgehead atoms. The average Bonchev–Trinajstić information content (AvgIpc) is 3.55. The molecule has 15 nitrogen and oxygen atoms in total. The zero-order valence-electron chi connectivity index (χ0n) is 27.7. The van der Waals surface area contributed by atoms with Crippen LogP contribution in [0.15, 0.2) is 66.9 Å². The number of nitrogens with zero attached hydrogens (tertiary/aromatic N) is 6. The SMILES string of the molecule is COCCNCC(=O)N(CC(=O)N(CCCn1cc(COc2ccccc2)nn1)CC(=O)N(CCOC)CC(N)=O)Cc1ccccc1. The van der Waals surface area contributed by atoms with E-state index in [0.29, 0.717) is 37.6 Å². The Bertz CT molecular complexity index is 1410. The number of primary amides is 1. The van der Waals surface area contributed by atoms with E-state index >= 15 is 0 Å². The molecular weight excluding hydrogens is 620 g/mol. The van der Waals surface area contributed by atoms with Crippen molar-refractivity contribution in [1.82, 2.24) is 35.0 Å². The Balaban J connectivity index is 1.71. The van der Waals surface area contributed by atoms with Crippen LogP contribution in [-0.4, -0.2) is 127 Å². The first kappa shape index (κ1) is 37.6. The summed E-state index contributed by atoms with van der Waals surface area (Å²) in [4.78, 5) is 56.3. The van der Waals surface area contributed by atoms with Crippen molar-refractivity contribution in [2.24, 2.45) is 5.73 Å². The van der Waals surface area contributed by atoms with Gasteiger partial charge >= 0.3 is 0 Å². The molecule has 0 spiro atoms. The van der Waals surface area contributed by atoms with E-state index < -0.39 is 17.7 Å². The van der Waals surface area contributed by atoms with Crippen molar-refractivity contribution in [3.63, 3.8) is 0 Å². The predicted octanol–water partition coefficient (Wildman–Crippen LogP) is 0.301. The Morgan fingerprint density at radius 3 is 2.12 bits per heavy atom. The third kappa shape index (κ3) is 13.9. The first-order valence-electron chi connectivity index (χ1n) is 15.7. The lowest BCUT2D eigenvalue weighted by atomic mass is 10.2. The summed E-state index contributed by atoms with van der Waals surface area (Å²) in [6.07, 6.45) is 2.19. The summed E-state index contributed by atoms with van der Waals surface area (Å²) in [5.41, 5.74) is 6.88. The second-order valence-electron chi connectivity index (χ2n) is 10.9. The zero-order chi connectivity index (χ0) is 34.6. The number of benzene rings is 2. The number of aromatic nitrogens is 3. The van der Waals surface area contributed by atoms with E-state index in [-0.39, 0.29) is 64.9 Å². The summed E-state index contributed by atoms with van der Waals surface area (Å²) in [6, 6.07) is 18.7. The van der Waals surface area contributed by atoms with Crippen LogP contribution in [0.5, 0.6) is 5.75 Å². The maximum absolute atomic E-state index is 13.8. The maximum Gasteiger partial charge on any atom is 0.242 e. The van der Waals surface area contributed by atoms with Crippen molar-refractivity contribution in [3.05, 3.63) is 78.1 Å². The van der Waals surface area contributed by atoms with Gasteiger partial charge in [-0.2, -0.15) is 0 Å². The summed E-state index contributed by atoms with van der Waals surface area (Å²) in [5, 5.41) is 11.3. The van der Waals surface area contributed by atoms with E-state index in [1.165, 1.54) is 21.8 Å². The van der Waals surface area contributed by atoms with Crippen LogP contribution in [0.1, 0.15) is 17.7 Å². The van der Waals surface area contributed by atoms with Gasteiger partial charge in [0.25, 0.3) is 0 Å². The number of hydrogen-bond acceptors (Lipinski definition) is 10. The molecule has 0 aliphatic rings. The summed E-state index contributed by atoms with van der Waals surface area (Å²) >= 11 is 0. The molecule has 0 aliphatic heterocycles. The molecule has 48 heavy (non-hydrogen) atoms. The molecule has 0 saturated carbocycles. The Labute approximate surface area is 280 Å². The van der Waals surface area contributed by atoms with Gasteiger partial charge in [0.2, 0.25) is 23.6 Å². The van der Waals surface area contributed by atoms with E-state index in [0.717, 1.165) is 5.56 Å². The highest BCUT2D eigenvalue weighted by molar-refractivity contribution is 5.90. The molecule has 0 saturated heterocycles. The predicted molar refractivity (Wildman–Crippen MR) is 176 cm³/mol. The first-order valence-corrected chi connectivity index (χ1v) is 15.7. The van der Waals surface area contributed by atoms with Crippen LogP contribution in [-0.2, 0) is 48.3 Å². The van der Waals surface area contributed by atoms with Gasteiger partial charge < -0.3 is 40.0 Å². The van der Waals surface area contributed by atoms with Crippen LogP contribution in [0.3, 0.4) is 0 Å². The van der Waals surface area contributed by atoms with Crippen molar-refractivity contribution < 1.29 is 33.4 Å². The average molecular weight is 667 g/mol. The second kappa shape index (κ2) is 21.1. The van der Waals surface area contributed by atoms with Gasteiger partial charge in [0.1, 0.15) is 24.6 Å². The summed E-state index contributed by atoms with van der Waals surface area (Å²) in [5.74, 6) is -1.14. The number of nitrogens with two attached hydrogens (primary N) is 1. The van der Waals surface area contributed by atoms with Crippen LogP contribution in [0.25, 0.3) is 0 Å². The Morgan fingerprint density at radius 2 is 1.46 bits per heavy atom. The molecule has 0 aliphatic carbocycles. The molecule has 3 rings (SSSR count). The third-order valence-corrected chi connectivity index (χ3v) is 7.13. The minimum Gasteiger partial charge on any atom is -0.487 e. The highest BCUT2D eigenvalue weighted by Crippen LogP contribution is 2.11. The number of para-hydroxylation sites is 1. The van der Waals surface area contributed by atoms with Crippen LogP contribution in [0.2, 0.25) is 0 Å². The summed E-state index contributed by atoms with van der Waals surface area (Å²) < 4.78 is 17.5. The Morgan fingerprint density at radius 1 is 0.812 bits per heavy atom. The molecule has 0 radical (unpaired) electrons. The monoisotopic (exact) mass is 666 g/mol. The normalized spacial score (nSPS) is 10.8. The van der Waals surface area contributed by atoms with Crippen molar-refractivity contribution in [3.8, 4) is 5.75 Å². The largest absolute Gasteiger partial charge is 0.487 e. The van der Waals surface area contributed by atoms with E-state index in [9.17, 15) is 19.2 Å². The van der Waals surface area contributed by atoms with Crippen molar-refractivity contribution in [2.75, 3.05) is 73.2 Å². The number of aryl methyl sites for hydroxylation is 1. The van der Waals surface area contributed by atoms with Gasteiger partial charge in [0.15, 0.2) is 0 Å². The fraction of sp³-hybridized carbons (Fsp3) is 0.455. The highest BCUT2D eigenvalue weighted by atomic mass is 16.5. The maximum atomic E-state index is 13.8. The molecule has 2 aromatic carbocycles. The summed E-state index contributed by atoms with van der Waals surface area (Å²) in [6.45, 7) is 1.35. The quantitative estimate of drug-likeness (QED) is 0.134. The molecule has 3 aromatic rings. The van der Waals surface area contributed by atoms with Gasteiger partial charge in [-0.15, -0.1) is 5.10 Å².